The van der Waals surface area contributed by atoms with Gasteiger partial charge in [0, 0.05) is 5.39 Å². The van der Waals surface area contributed by atoms with Crippen molar-refractivity contribution in [1.29, 1.82) is 0 Å². The molecule has 1 aromatic carbocycles. The number of rotatable bonds is 3. The number of aromatic carboxylic acids is 1. The van der Waals surface area contributed by atoms with Crippen LogP contribution in [0.15, 0.2) is 48.8 Å². The van der Waals surface area contributed by atoms with Gasteiger partial charge < -0.3 is 9.84 Å². The first-order valence-electron chi connectivity index (χ1n) is 6.05. The van der Waals surface area contributed by atoms with Gasteiger partial charge in [0.1, 0.15) is 17.1 Å². The van der Waals surface area contributed by atoms with Gasteiger partial charge in [-0.15, -0.1) is 0 Å². The van der Waals surface area contributed by atoms with Crippen LogP contribution in [0.25, 0.3) is 10.9 Å². The van der Waals surface area contributed by atoms with Gasteiger partial charge in [-0.2, -0.15) is 0 Å². The molecule has 3 rings (SSSR count). The second kappa shape index (κ2) is 5.16. The molecule has 0 unspecified atom stereocenters. The zero-order valence-electron chi connectivity index (χ0n) is 10.7. The lowest BCUT2D eigenvalue weighted by Crippen LogP contribution is -2.03. The van der Waals surface area contributed by atoms with Crippen LogP contribution in [0, 0.1) is 5.82 Å². The minimum Gasteiger partial charge on any atom is -0.477 e. The highest BCUT2D eigenvalue weighted by Gasteiger charge is 2.15. The van der Waals surface area contributed by atoms with Gasteiger partial charge in [0.2, 0.25) is 5.88 Å². The number of carboxylic acid groups (broad SMARTS) is 1. The molecule has 0 aliphatic rings. The lowest BCUT2D eigenvalue weighted by Gasteiger charge is -2.08. The van der Waals surface area contributed by atoms with Crippen molar-refractivity contribution < 1.29 is 19.0 Å². The van der Waals surface area contributed by atoms with E-state index in [1.165, 1.54) is 6.20 Å². The second-order valence-electron chi connectivity index (χ2n) is 4.28. The minimum atomic E-state index is -1.31. The van der Waals surface area contributed by atoms with Crippen LogP contribution in [0.1, 0.15) is 10.4 Å². The number of carbonyl (C=O) groups is 1. The smallest absolute Gasteiger partial charge is 0.341 e. The molecule has 0 fully saturated rings. The molecule has 0 amide bonds. The molecule has 0 spiro atoms. The van der Waals surface area contributed by atoms with Crippen molar-refractivity contribution in [2.45, 2.75) is 0 Å². The molecule has 2 aromatic heterocycles. The molecule has 0 bridgehead atoms. The maximum atomic E-state index is 13.1. The summed E-state index contributed by atoms with van der Waals surface area (Å²) in [6, 6.07) is 9.98. The van der Waals surface area contributed by atoms with Gasteiger partial charge >= 0.3 is 5.97 Å². The summed E-state index contributed by atoms with van der Waals surface area (Å²) in [5, 5.41) is 9.88. The SMILES string of the molecule is O=C(O)c1cc(F)cnc1Oc1cnc2ccccc2c1. The van der Waals surface area contributed by atoms with Crippen molar-refractivity contribution in [1.82, 2.24) is 9.97 Å². The van der Waals surface area contributed by atoms with Gasteiger partial charge in [0.25, 0.3) is 0 Å². The fraction of sp³-hybridized carbons (Fsp3) is 0. The number of pyridine rings is 2. The van der Waals surface area contributed by atoms with E-state index in [2.05, 4.69) is 9.97 Å². The van der Waals surface area contributed by atoms with Crippen molar-refractivity contribution in [2.24, 2.45) is 0 Å². The molecule has 0 radical (unpaired) electrons. The van der Waals surface area contributed by atoms with Crippen molar-refractivity contribution in [3.05, 3.63) is 60.2 Å². The van der Waals surface area contributed by atoms with Crippen molar-refractivity contribution in [3.8, 4) is 11.6 Å². The van der Waals surface area contributed by atoms with Gasteiger partial charge in [-0.1, -0.05) is 18.2 Å². The molecule has 5 nitrogen and oxygen atoms in total. The summed E-state index contributed by atoms with van der Waals surface area (Å²) >= 11 is 0. The Morgan fingerprint density at radius 2 is 1.95 bits per heavy atom. The summed E-state index contributed by atoms with van der Waals surface area (Å²) < 4.78 is 18.5. The molecule has 6 heteroatoms. The van der Waals surface area contributed by atoms with Crippen LogP contribution >= 0.6 is 0 Å². The summed E-state index contributed by atoms with van der Waals surface area (Å²) in [5.74, 6) is -1.90. The Bertz CT molecular complexity index is 836. The maximum absolute atomic E-state index is 13.1. The first kappa shape index (κ1) is 13.0. The number of aromatic nitrogens is 2. The topological polar surface area (TPSA) is 72.3 Å². The van der Waals surface area contributed by atoms with Crippen LogP contribution in [0.3, 0.4) is 0 Å². The second-order valence-corrected chi connectivity index (χ2v) is 4.28. The average Bonchev–Trinajstić information content (AvgIpc) is 2.49. The van der Waals surface area contributed by atoms with Crippen LogP contribution in [0.5, 0.6) is 11.6 Å². The normalized spacial score (nSPS) is 10.5. The molecular formula is C15H9FN2O3. The third kappa shape index (κ3) is 2.64. The lowest BCUT2D eigenvalue weighted by atomic mass is 10.2. The molecule has 104 valence electrons. The average molecular weight is 284 g/mol. The largest absolute Gasteiger partial charge is 0.477 e. The molecule has 0 saturated heterocycles. The Balaban J connectivity index is 2.00. The Kier molecular flexibility index (Phi) is 3.19. The molecule has 3 aromatic rings. The molecule has 0 saturated carbocycles. The molecule has 0 aliphatic heterocycles. The Morgan fingerprint density at radius 1 is 1.14 bits per heavy atom. The van der Waals surface area contributed by atoms with Crippen molar-refractivity contribution >= 4 is 16.9 Å². The number of fused-ring (bicyclic) bond motifs is 1. The van der Waals surface area contributed by atoms with E-state index in [0.717, 1.165) is 23.2 Å². The molecule has 21 heavy (non-hydrogen) atoms. The van der Waals surface area contributed by atoms with Gasteiger partial charge in [0.15, 0.2) is 0 Å². The Labute approximate surface area is 118 Å². The van der Waals surface area contributed by atoms with Crippen LogP contribution in [-0.2, 0) is 0 Å². The monoisotopic (exact) mass is 284 g/mol. The maximum Gasteiger partial charge on any atom is 0.341 e. The number of carboxylic acids is 1. The highest BCUT2D eigenvalue weighted by Crippen LogP contribution is 2.25. The Hall–Kier alpha value is -3.02. The summed E-state index contributed by atoms with van der Waals surface area (Å²) in [6.07, 6.45) is 2.36. The predicted molar refractivity (Wildman–Crippen MR) is 73.0 cm³/mol. The fourth-order valence-corrected chi connectivity index (χ4v) is 1.88. The minimum absolute atomic E-state index is 0.180. The highest BCUT2D eigenvalue weighted by atomic mass is 19.1. The number of hydrogen-bond donors (Lipinski definition) is 1. The first-order chi connectivity index (χ1) is 10.1. The van der Waals surface area contributed by atoms with Crippen LogP contribution in [-0.4, -0.2) is 21.0 Å². The first-order valence-corrected chi connectivity index (χ1v) is 6.05. The van der Waals surface area contributed by atoms with E-state index in [1.807, 2.05) is 24.3 Å². The van der Waals surface area contributed by atoms with Crippen molar-refractivity contribution in [3.63, 3.8) is 0 Å². The van der Waals surface area contributed by atoms with Crippen LogP contribution < -0.4 is 4.74 Å². The fourth-order valence-electron chi connectivity index (χ4n) is 1.88. The van der Waals surface area contributed by atoms with Gasteiger partial charge in [0.05, 0.1) is 17.9 Å². The number of ether oxygens (including phenoxy) is 1. The van der Waals surface area contributed by atoms with Gasteiger partial charge in [-0.25, -0.2) is 14.2 Å². The van der Waals surface area contributed by atoms with E-state index in [4.69, 9.17) is 9.84 Å². The lowest BCUT2D eigenvalue weighted by molar-refractivity contribution is 0.0692. The number of benzene rings is 1. The van der Waals surface area contributed by atoms with E-state index in [9.17, 15) is 9.18 Å². The summed E-state index contributed by atoms with van der Waals surface area (Å²) in [5.41, 5.74) is 0.443. The summed E-state index contributed by atoms with van der Waals surface area (Å²) in [6.45, 7) is 0. The molecule has 0 atom stereocenters. The van der Waals surface area contributed by atoms with Crippen molar-refractivity contribution in [2.75, 3.05) is 0 Å². The van der Waals surface area contributed by atoms with E-state index >= 15 is 0 Å². The van der Waals surface area contributed by atoms with Crippen LogP contribution in [0.4, 0.5) is 4.39 Å². The summed E-state index contributed by atoms with van der Waals surface area (Å²) in [7, 11) is 0. The molecule has 0 aliphatic carbocycles. The zero-order chi connectivity index (χ0) is 14.8. The molecular weight excluding hydrogens is 275 g/mol. The third-order valence-corrected chi connectivity index (χ3v) is 2.83. The molecule has 2 heterocycles. The van der Waals surface area contributed by atoms with E-state index in [-0.39, 0.29) is 11.4 Å². The summed E-state index contributed by atoms with van der Waals surface area (Å²) in [4.78, 5) is 18.9. The highest BCUT2D eigenvalue weighted by molar-refractivity contribution is 5.90. The van der Waals surface area contributed by atoms with E-state index < -0.39 is 11.8 Å². The zero-order valence-corrected chi connectivity index (χ0v) is 10.7. The Morgan fingerprint density at radius 3 is 2.76 bits per heavy atom. The predicted octanol–water partition coefficient (Wildman–Crippen LogP) is 3.26. The number of nitrogens with zero attached hydrogens (tertiary/aromatic N) is 2. The van der Waals surface area contributed by atoms with Crippen LogP contribution in [0.2, 0.25) is 0 Å². The van der Waals surface area contributed by atoms with E-state index in [0.29, 0.717) is 5.75 Å². The number of para-hydroxylation sites is 1. The molecule has 1 N–H and O–H groups in total. The van der Waals surface area contributed by atoms with E-state index in [1.54, 1.807) is 6.07 Å². The number of halogens is 1. The van der Waals surface area contributed by atoms with Gasteiger partial charge in [-0.3, -0.25) is 4.98 Å². The van der Waals surface area contributed by atoms with Gasteiger partial charge in [-0.05, 0) is 18.2 Å². The number of hydrogen-bond acceptors (Lipinski definition) is 4. The standard InChI is InChI=1S/C15H9FN2O3/c16-10-6-12(15(19)20)14(18-7-10)21-11-5-9-3-1-2-4-13(9)17-8-11/h1-8H,(H,19,20). The quantitative estimate of drug-likeness (QED) is 0.799. The third-order valence-electron chi connectivity index (χ3n) is 2.83.